The van der Waals surface area contributed by atoms with Gasteiger partial charge in [0.2, 0.25) is 0 Å². The monoisotopic (exact) mass is 365 g/mol. The third-order valence-electron chi connectivity index (χ3n) is 4.06. The van der Waals surface area contributed by atoms with Gasteiger partial charge in [-0.25, -0.2) is 9.18 Å². The molecule has 0 saturated heterocycles. The Morgan fingerprint density at radius 2 is 1.79 bits per heavy atom. The van der Waals surface area contributed by atoms with Gasteiger partial charge in [-0.15, -0.1) is 0 Å². The molecule has 3 rings (SSSR count). The highest BCUT2D eigenvalue weighted by Gasteiger charge is 2.40. The summed E-state index contributed by atoms with van der Waals surface area (Å²) in [4.78, 5) is 17.1. The second kappa shape index (κ2) is 6.91. The number of halogens is 3. The summed E-state index contributed by atoms with van der Waals surface area (Å²) >= 11 is 11.9. The average molecular weight is 366 g/mol. The van der Waals surface area contributed by atoms with E-state index in [9.17, 15) is 9.18 Å². The Balaban J connectivity index is 1.65. The highest BCUT2D eigenvalue weighted by atomic mass is 35.5. The fraction of sp³-hybridized carbons (Fsp3) is 0.222. The van der Waals surface area contributed by atoms with Gasteiger partial charge >= 0.3 is 5.97 Å². The topological polar surface area (TPSA) is 38.7 Å². The number of carbonyl (C=O) groups excluding carboxylic acids is 1. The van der Waals surface area contributed by atoms with Crippen molar-refractivity contribution in [3.8, 4) is 0 Å². The first kappa shape index (κ1) is 16.9. The van der Waals surface area contributed by atoms with Crippen molar-refractivity contribution >= 4 is 34.9 Å². The lowest BCUT2D eigenvalue weighted by Crippen LogP contribution is -2.06. The molecule has 2 aromatic rings. The molecule has 1 aliphatic carbocycles. The van der Waals surface area contributed by atoms with E-state index in [4.69, 9.17) is 28.0 Å². The van der Waals surface area contributed by atoms with Crippen molar-refractivity contribution < 1.29 is 14.0 Å². The molecule has 0 radical (unpaired) electrons. The van der Waals surface area contributed by atoms with Crippen LogP contribution in [0.15, 0.2) is 47.6 Å². The summed E-state index contributed by atoms with van der Waals surface area (Å²) in [6.07, 6.45) is 0.894. The fourth-order valence-corrected chi connectivity index (χ4v) is 3.21. The number of carbonyl (C=O) groups is 1. The smallest absolute Gasteiger partial charge is 0.313 e. The van der Waals surface area contributed by atoms with Crippen molar-refractivity contribution in [1.29, 1.82) is 0 Å². The zero-order valence-corrected chi connectivity index (χ0v) is 14.3. The molecule has 0 amide bonds. The maximum atomic E-state index is 13.0. The SMILES string of the molecule is C/C(=N/OC(=O)c1c(Cl)cccc1Cl)[C@H]1C[C@H]1c1ccc(F)cc1. The van der Waals surface area contributed by atoms with Crippen LogP contribution in [-0.2, 0) is 4.84 Å². The molecule has 0 aromatic heterocycles. The summed E-state index contributed by atoms with van der Waals surface area (Å²) in [5.41, 5.74) is 1.86. The molecule has 6 heteroatoms. The molecule has 1 saturated carbocycles. The van der Waals surface area contributed by atoms with E-state index in [2.05, 4.69) is 5.16 Å². The number of nitrogens with zero attached hydrogens (tertiary/aromatic N) is 1. The van der Waals surface area contributed by atoms with Crippen LogP contribution < -0.4 is 0 Å². The third kappa shape index (κ3) is 3.60. The Hall–Kier alpha value is -1.91. The van der Waals surface area contributed by atoms with Crippen LogP contribution in [0.1, 0.15) is 35.2 Å². The lowest BCUT2D eigenvalue weighted by molar-refractivity contribution is 0.0515. The Bertz CT molecular complexity index is 785. The van der Waals surface area contributed by atoms with Crippen molar-refractivity contribution in [3.63, 3.8) is 0 Å². The number of oxime groups is 1. The first-order valence-electron chi connectivity index (χ1n) is 7.42. The summed E-state index contributed by atoms with van der Waals surface area (Å²) in [6, 6.07) is 11.2. The molecule has 2 atom stereocenters. The van der Waals surface area contributed by atoms with Crippen molar-refractivity contribution in [1.82, 2.24) is 0 Å². The maximum Gasteiger partial charge on any atom is 0.368 e. The van der Waals surface area contributed by atoms with Crippen molar-refractivity contribution in [2.24, 2.45) is 11.1 Å². The second-order valence-corrected chi connectivity index (χ2v) is 6.52. The van der Waals surface area contributed by atoms with Crippen LogP contribution in [0.4, 0.5) is 4.39 Å². The van der Waals surface area contributed by atoms with E-state index in [1.807, 2.05) is 0 Å². The van der Waals surface area contributed by atoms with E-state index in [0.29, 0.717) is 5.71 Å². The van der Waals surface area contributed by atoms with Crippen LogP contribution in [0.2, 0.25) is 10.0 Å². The van der Waals surface area contributed by atoms with Gasteiger partial charge in [0.25, 0.3) is 0 Å². The van der Waals surface area contributed by atoms with E-state index in [1.165, 1.54) is 12.1 Å². The molecule has 0 unspecified atom stereocenters. The van der Waals surface area contributed by atoms with E-state index in [1.54, 1.807) is 37.3 Å². The standard InChI is InChI=1S/C18H14Cl2FNO2/c1-10(13-9-14(13)11-5-7-12(21)8-6-11)22-24-18(23)17-15(19)3-2-4-16(17)20/h2-8,13-14H,9H2,1H3/b22-10-/t13-,14+/m1/s1. The van der Waals surface area contributed by atoms with Gasteiger partial charge < -0.3 is 4.84 Å². The van der Waals surface area contributed by atoms with Crippen LogP contribution in [0.3, 0.4) is 0 Å². The number of rotatable bonds is 4. The molecular formula is C18H14Cl2FNO2. The summed E-state index contributed by atoms with van der Waals surface area (Å²) in [5, 5.41) is 4.35. The van der Waals surface area contributed by atoms with Crippen LogP contribution in [0.25, 0.3) is 0 Å². The molecule has 0 spiro atoms. The van der Waals surface area contributed by atoms with Gasteiger partial charge in [-0.05, 0) is 49.1 Å². The quantitative estimate of drug-likeness (QED) is 0.409. The number of benzene rings is 2. The predicted octanol–water partition coefficient (Wildman–Crippen LogP) is 5.47. The number of hydrogen-bond acceptors (Lipinski definition) is 3. The zero-order valence-electron chi connectivity index (χ0n) is 12.8. The minimum Gasteiger partial charge on any atom is -0.313 e. The van der Waals surface area contributed by atoms with Gasteiger partial charge in [0.05, 0.1) is 21.3 Å². The van der Waals surface area contributed by atoms with E-state index in [-0.39, 0.29) is 33.3 Å². The summed E-state index contributed by atoms with van der Waals surface area (Å²) in [7, 11) is 0. The molecule has 124 valence electrons. The molecule has 0 heterocycles. The Kier molecular flexibility index (Phi) is 4.88. The lowest BCUT2D eigenvalue weighted by atomic mass is 10.1. The molecule has 0 N–H and O–H groups in total. The lowest BCUT2D eigenvalue weighted by Gasteiger charge is -2.04. The molecule has 1 fully saturated rings. The van der Waals surface area contributed by atoms with Crippen LogP contribution >= 0.6 is 23.2 Å². The van der Waals surface area contributed by atoms with Crippen molar-refractivity contribution in [2.75, 3.05) is 0 Å². The summed E-state index contributed by atoms with van der Waals surface area (Å²) in [6.45, 7) is 1.80. The first-order chi connectivity index (χ1) is 11.5. The summed E-state index contributed by atoms with van der Waals surface area (Å²) in [5.74, 6) is -0.488. The van der Waals surface area contributed by atoms with Gasteiger partial charge in [-0.2, -0.15) is 0 Å². The van der Waals surface area contributed by atoms with Crippen molar-refractivity contribution in [3.05, 3.63) is 69.5 Å². The van der Waals surface area contributed by atoms with Crippen LogP contribution in [0, 0.1) is 11.7 Å². The molecular weight excluding hydrogens is 352 g/mol. The van der Waals surface area contributed by atoms with Gasteiger partial charge in [-0.1, -0.05) is 46.6 Å². The molecule has 0 aliphatic heterocycles. The van der Waals surface area contributed by atoms with E-state index in [0.717, 1.165) is 12.0 Å². The Morgan fingerprint density at radius 3 is 2.42 bits per heavy atom. The molecule has 0 bridgehead atoms. The predicted molar refractivity (Wildman–Crippen MR) is 92.2 cm³/mol. The molecule has 1 aliphatic rings. The van der Waals surface area contributed by atoms with Gasteiger partial charge in [0.1, 0.15) is 5.82 Å². The summed E-state index contributed by atoms with van der Waals surface area (Å²) < 4.78 is 13.0. The third-order valence-corrected chi connectivity index (χ3v) is 4.69. The molecule has 3 nitrogen and oxygen atoms in total. The molecule has 24 heavy (non-hydrogen) atoms. The first-order valence-corrected chi connectivity index (χ1v) is 8.18. The van der Waals surface area contributed by atoms with E-state index >= 15 is 0 Å². The van der Waals surface area contributed by atoms with Gasteiger partial charge in [0, 0.05) is 5.92 Å². The minimum atomic E-state index is -0.691. The van der Waals surface area contributed by atoms with Crippen LogP contribution in [-0.4, -0.2) is 11.7 Å². The zero-order chi connectivity index (χ0) is 17.3. The molecule has 2 aromatic carbocycles. The Morgan fingerprint density at radius 1 is 1.17 bits per heavy atom. The second-order valence-electron chi connectivity index (χ2n) is 5.71. The fourth-order valence-electron chi connectivity index (χ4n) is 2.65. The maximum absolute atomic E-state index is 13.0. The Labute approximate surface area is 149 Å². The van der Waals surface area contributed by atoms with E-state index < -0.39 is 5.97 Å². The average Bonchev–Trinajstić information content (AvgIpc) is 3.34. The van der Waals surface area contributed by atoms with Gasteiger partial charge in [-0.3, -0.25) is 0 Å². The normalized spacial score (nSPS) is 19.9. The minimum absolute atomic E-state index is 0.100. The van der Waals surface area contributed by atoms with Crippen molar-refractivity contribution in [2.45, 2.75) is 19.3 Å². The van der Waals surface area contributed by atoms with Gasteiger partial charge in [0.15, 0.2) is 0 Å². The number of hydrogen-bond donors (Lipinski definition) is 0. The highest BCUT2D eigenvalue weighted by Crippen LogP contribution is 2.48. The largest absolute Gasteiger partial charge is 0.368 e. The van der Waals surface area contributed by atoms with Crippen LogP contribution in [0.5, 0.6) is 0 Å². The highest BCUT2D eigenvalue weighted by molar-refractivity contribution is 6.39.